The van der Waals surface area contributed by atoms with Gasteiger partial charge in [-0.25, -0.2) is 0 Å². The molecule has 0 aromatic carbocycles. The predicted molar refractivity (Wildman–Crippen MR) is 57.4 cm³/mol. The van der Waals surface area contributed by atoms with E-state index < -0.39 is 0 Å². The summed E-state index contributed by atoms with van der Waals surface area (Å²) >= 11 is 0. The second kappa shape index (κ2) is 9.22. The van der Waals surface area contributed by atoms with Crippen LogP contribution in [0.2, 0.25) is 0 Å². The summed E-state index contributed by atoms with van der Waals surface area (Å²) < 4.78 is 0. The minimum Gasteiger partial charge on any atom is -0.395 e. The van der Waals surface area contributed by atoms with Gasteiger partial charge in [-0.15, -0.1) is 5.92 Å². The molecule has 2 unspecified atom stereocenters. The molecule has 0 spiro atoms. The molecule has 84 valence electrons. The number of aliphatic hydroxyl groups excluding tert-OH is 1. The van der Waals surface area contributed by atoms with E-state index in [-0.39, 0.29) is 43.1 Å². The van der Waals surface area contributed by atoms with E-state index in [2.05, 4.69) is 26.1 Å². The molecule has 2 nitrogen and oxygen atoms in total. The Morgan fingerprint density at radius 2 is 1.79 bits per heavy atom. The third-order valence-corrected chi connectivity index (χ3v) is 2.37. The van der Waals surface area contributed by atoms with Gasteiger partial charge in [-0.2, -0.15) is 0 Å². The first-order valence-electron chi connectivity index (χ1n) is 5.23. The van der Waals surface area contributed by atoms with Crippen LogP contribution in [-0.4, -0.2) is 23.8 Å². The van der Waals surface area contributed by atoms with E-state index in [4.69, 9.17) is 0 Å². The van der Waals surface area contributed by atoms with Gasteiger partial charge in [0.2, 0.25) is 0 Å². The second-order valence-corrected chi connectivity index (χ2v) is 4.19. The van der Waals surface area contributed by atoms with E-state index in [1.807, 2.05) is 13.8 Å². The zero-order valence-corrected chi connectivity index (χ0v) is 14.0. The molecular weight excluding hydrogens is 400 g/mol. The maximum Gasteiger partial charge on any atom is 0.0320 e. The van der Waals surface area contributed by atoms with Crippen LogP contribution in [-0.2, 0) is 0 Å². The Labute approximate surface area is 113 Å². The van der Waals surface area contributed by atoms with Crippen molar-refractivity contribution in [3.05, 3.63) is 6.92 Å². The number of hydrogen-bond donors (Lipinski definition) is 2. The molecule has 0 rings (SSSR count). The topological polar surface area (TPSA) is 32.3 Å². The average molecular weight is 424 g/mol. The number of rotatable bonds is 6. The largest absolute Gasteiger partial charge is 0.395 e. The van der Waals surface area contributed by atoms with Gasteiger partial charge in [0.15, 0.2) is 0 Å². The van der Waals surface area contributed by atoms with E-state index >= 15 is 0 Å². The van der Waals surface area contributed by atoms with E-state index in [0.29, 0.717) is 12.0 Å². The maximum atomic E-state index is 9.72. The summed E-state index contributed by atoms with van der Waals surface area (Å²) in [6, 6.07) is 0.445. The predicted octanol–water partition coefficient (Wildman–Crippen LogP) is 1.84. The summed E-state index contributed by atoms with van der Waals surface area (Å²) in [6.45, 7) is 13.3. The first kappa shape index (κ1) is 17.4. The monoisotopic (exact) mass is 424 g/mol. The van der Waals surface area contributed by atoms with Gasteiger partial charge < -0.3 is 17.3 Å². The Bertz CT molecular complexity index is 130. The molecule has 0 amide bonds. The van der Waals surface area contributed by atoms with Crippen molar-refractivity contribution in [3.8, 4) is 0 Å². The molecule has 0 heterocycles. The third-order valence-electron chi connectivity index (χ3n) is 2.37. The molecule has 0 aliphatic rings. The minimum atomic E-state index is -0.277. The Hall–Kier alpha value is 0.972. The van der Waals surface area contributed by atoms with Crippen LogP contribution in [0.25, 0.3) is 0 Å². The van der Waals surface area contributed by atoms with Crippen LogP contribution in [0.1, 0.15) is 34.1 Å². The molecule has 0 aliphatic carbocycles. The fourth-order valence-electron chi connectivity index (χ4n) is 1.57. The van der Waals surface area contributed by atoms with Crippen LogP contribution in [0.4, 0.5) is 0 Å². The van der Waals surface area contributed by atoms with Crippen molar-refractivity contribution in [3.63, 3.8) is 0 Å². The van der Waals surface area contributed by atoms with Crippen LogP contribution in [0.15, 0.2) is 0 Å². The molecule has 0 aromatic rings. The van der Waals surface area contributed by atoms with Crippen molar-refractivity contribution in [2.24, 2.45) is 11.8 Å². The summed E-state index contributed by atoms with van der Waals surface area (Å²) in [5, 5.41) is 13.0. The number of aliphatic hydroxyl groups is 1. The molecule has 2 N–H and O–H groups in total. The Kier molecular flexibility index (Phi) is 11.4. The van der Waals surface area contributed by atoms with Crippen molar-refractivity contribution in [2.45, 2.75) is 46.3 Å². The number of nitrogens with one attached hydrogen (secondary N) is 1. The van der Waals surface area contributed by atoms with Crippen LogP contribution in [0, 0.1) is 49.9 Å². The van der Waals surface area contributed by atoms with Crippen LogP contribution in [0.3, 0.4) is 0 Å². The summed E-state index contributed by atoms with van der Waals surface area (Å²) in [5.41, 5.74) is 0. The van der Waals surface area contributed by atoms with Crippen LogP contribution in [0.5, 0.6) is 0 Å². The molecule has 3 atom stereocenters. The molecule has 0 aliphatic heterocycles. The van der Waals surface area contributed by atoms with Gasteiger partial charge in [-0.05, 0) is 19.4 Å². The standard InChI is InChI=1S/C11H24NO.U/c1-6-12-10(5)7-9(4)11(13)8(2)3;/h8-13H,4,6-7H2,1-3,5H3;/q-1;/t9?,10?,11-;/m1./s1. The zero-order chi connectivity index (χ0) is 10.4. The van der Waals surface area contributed by atoms with Crippen molar-refractivity contribution >= 4 is 0 Å². The normalized spacial score (nSPS) is 17.4. The smallest absolute Gasteiger partial charge is 0.0320 e. The van der Waals surface area contributed by atoms with Crippen molar-refractivity contribution in [1.29, 1.82) is 0 Å². The van der Waals surface area contributed by atoms with Gasteiger partial charge in [0.1, 0.15) is 0 Å². The van der Waals surface area contributed by atoms with Gasteiger partial charge in [0.05, 0.1) is 0 Å². The zero-order valence-electron chi connectivity index (χ0n) is 9.88. The molecular formula is C11H24NOU-. The first-order chi connectivity index (χ1) is 5.99. The summed E-state index contributed by atoms with van der Waals surface area (Å²) in [7, 11) is 0. The minimum absolute atomic E-state index is 0. The van der Waals surface area contributed by atoms with Crippen molar-refractivity contribution in [2.75, 3.05) is 6.54 Å². The molecule has 0 saturated heterocycles. The van der Waals surface area contributed by atoms with Gasteiger partial charge in [-0.1, -0.05) is 27.2 Å². The molecule has 0 saturated carbocycles. The fourth-order valence-corrected chi connectivity index (χ4v) is 1.57. The summed E-state index contributed by atoms with van der Waals surface area (Å²) in [6.07, 6.45) is 0.661. The van der Waals surface area contributed by atoms with Crippen molar-refractivity contribution < 1.29 is 36.2 Å². The Balaban J connectivity index is 0. The molecule has 0 fully saturated rings. The maximum absolute atomic E-state index is 9.72. The van der Waals surface area contributed by atoms with Gasteiger partial charge in [-0.3, -0.25) is 0 Å². The average Bonchev–Trinajstić information content (AvgIpc) is 2.03. The number of hydrogen-bond acceptors (Lipinski definition) is 2. The van der Waals surface area contributed by atoms with E-state index in [0.717, 1.165) is 13.0 Å². The molecule has 0 bridgehead atoms. The molecule has 14 heavy (non-hydrogen) atoms. The third kappa shape index (κ3) is 7.29. The van der Waals surface area contributed by atoms with Crippen LogP contribution >= 0.6 is 0 Å². The fraction of sp³-hybridized carbons (Fsp3) is 0.909. The van der Waals surface area contributed by atoms with Crippen LogP contribution < -0.4 is 5.32 Å². The van der Waals surface area contributed by atoms with Gasteiger partial charge in [0.25, 0.3) is 0 Å². The summed E-state index contributed by atoms with van der Waals surface area (Å²) in [4.78, 5) is 0. The molecule has 0 radical (unpaired) electrons. The summed E-state index contributed by atoms with van der Waals surface area (Å²) in [5.74, 6) is 0.436. The molecule has 3 heteroatoms. The second-order valence-electron chi connectivity index (χ2n) is 4.19. The first-order valence-corrected chi connectivity index (χ1v) is 5.23. The van der Waals surface area contributed by atoms with Gasteiger partial charge >= 0.3 is 0 Å². The van der Waals surface area contributed by atoms with E-state index in [1.165, 1.54) is 0 Å². The Morgan fingerprint density at radius 3 is 2.14 bits per heavy atom. The Morgan fingerprint density at radius 1 is 1.29 bits per heavy atom. The van der Waals surface area contributed by atoms with E-state index in [9.17, 15) is 5.11 Å². The van der Waals surface area contributed by atoms with E-state index in [1.54, 1.807) is 0 Å². The quantitative estimate of drug-likeness (QED) is 0.638. The van der Waals surface area contributed by atoms with Gasteiger partial charge in [0, 0.05) is 43.3 Å². The van der Waals surface area contributed by atoms with Crippen molar-refractivity contribution in [1.82, 2.24) is 5.32 Å². The SMILES string of the molecule is [CH2-]C(CC(C)NCC)[C@H](O)C(C)C.[U]. The molecule has 0 aromatic heterocycles.